The number of unbranched alkanes of at least 4 members (excludes halogenated alkanes) is 2. The smallest absolute Gasteiger partial charge is 0.219 e. The predicted octanol–water partition coefficient (Wildman–Crippen LogP) is 3.38. The van der Waals surface area contributed by atoms with Crippen molar-refractivity contribution in [2.24, 2.45) is 0 Å². The molecular formula is C13H31NO2. The second-order valence-electron chi connectivity index (χ2n) is 3.36. The molecule has 3 heteroatoms. The van der Waals surface area contributed by atoms with Gasteiger partial charge in [-0.3, -0.25) is 4.79 Å². The van der Waals surface area contributed by atoms with Crippen LogP contribution in [0.3, 0.4) is 0 Å². The molecule has 0 radical (unpaired) electrons. The molecule has 100 valence electrons. The normalized spacial score (nSPS) is 9.25. The quantitative estimate of drug-likeness (QED) is 0.620. The monoisotopic (exact) mass is 233 g/mol. The third-order valence-corrected chi connectivity index (χ3v) is 2.00. The SMILES string of the molecule is CC.CCCCNC(=O)CCCCOCC.[HH]. The van der Waals surface area contributed by atoms with Gasteiger partial charge in [-0.15, -0.1) is 0 Å². The molecule has 3 nitrogen and oxygen atoms in total. The van der Waals surface area contributed by atoms with Crippen LogP contribution >= 0.6 is 0 Å². The highest BCUT2D eigenvalue weighted by molar-refractivity contribution is 5.75. The van der Waals surface area contributed by atoms with Crippen LogP contribution in [0.4, 0.5) is 0 Å². The fraction of sp³-hybridized carbons (Fsp3) is 0.923. The van der Waals surface area contributed by atoms with Gasteiger partial charge in [-0.25, -0.2) is 0 Å². The first-order chi connectivity index (χ1) is 7.81. The molecular weight excluding hydrogens is 202 g/mol. The molecule has 0 aromatic rings. The first-order valence-electron chi connectivity index (χ1n) is 6.65. The van der Waals surface area contributed by atoms with Gasteiger partial charge < -0.3 is 10.1 Å². The van der Waals surface area contributed by atoms with E-state index in [0.29, 0.717) is 6.42 Å². The summed E-state index contributed by atoms with van der Waals surface area (Å²) in [4.78, 5) is 11.2. The predicted molar refractivity (Wildman–Crippen MR) is 71.7 cm³/mol. The van der Waals surface area contributed by atoms with Crippen LogP contribution in [0.2, 0.25) is 0 Å². The van der Waals surface area contributed by atoms with Crippen molar-refractivity contribution in [3.8, 4) is 0 Å². The van der Waals surface area contributed by atoms with Crippen molar-refractivity contribution in [1.82, 2.24) is 5.32 Å². The molecule has 0 saturated heterocycles. The average molecular weight is 233 g/mol. The number of rotatable bonds is 9. The maximum atomic E-state index is 11.2. The number of amides is 1. The molecule has 0 heterocycles. The summed E-state index contributed by atoms with van der Waals surface area (Å²) < 4.78 is 5.18. The molecule has 0 fully saturated rings. The zero-order chi connectivity index (χ0) is 12.6. The summed E-state index contributed by atoms with van der Waals surface area (Å²) in [5, 5.41) is 2.89. The third-order valence-electron chi connectivity index (χ3n) is 2.00. The van der Waals surface area contributed by atoms with Crippen LogP contribution in [0.1, 0.15) is 61.2 Å². The molecule has 0 unspecified atom stereocenters. The molecule has 0 rings (SSSR count). The number of hydrogen-bond donors (Lipinski definition) is 1. The minimum atomic E-state index is 0. The Morgan fingerprint density at radius 3 is 2.44 bits per heavy atom. The highest BCUT2D eigenvalue weighted by Crippen LogP contribution is 1.96. The lowest BCUT2D eigenvalue weighted by molar-refractivity contribution is -0.121. The van der Waals surface area contributed by atoms with Crippen LogP contribution < -0.4 is 5.32 Å². The molecule has 0 aliphatic carbocycles. The second kappa shape index (κ2) is 16.8. The fourth-order valence-corrected chi connectivity index (χ4v) is 1.13. The van der Waals surface area contributed by atoms with Gasteiger partial charge in [0, 0.05) is 27.6 Å². The lowest BCUT2D eigenvalue weighted by Crippen LogP contribution is -2.23. The Kier molecular flexibility index (Phi) is 18.8. The van der Waals surface area contributed by atoms with E-state index >= 15 is 0 Å². The van der Waals surface area contributed by atoms with Crippen molar-refractivity contribution in [1.29, 1.82) is 0 Å². The maximum absolute atomic E-state index is 11.2. The van der Waals surface area contributed by atoms with Crippen molar-refractivity contribution >= 4 is 5.91 Å². The van der Waals surface area contributed by atoms with Gasteiger partial charge in [-0.2, -0.15) is 0 Å². The summed E-state index contributed by atoms with van der Waals surface area (Å²) in [6, 6.07) is 0. The lowest BCUT2D eigenvalue weighted by Gasteiger charge is -2.04. The standard InChI is InChI=1S/C11H23NO2.C2H6.H2/c1-3-5-9-12-11(13)8-6-7-10-14-4-2;1-2;/h3-10H2,1-2H3,(H,12,13);1-2H3;1H. The molecule has 0 aromatic heterocycles. The van der Waals surface area contributed by atoms with E-state index in [2.05, 4.69) is 12.2 Å². The molecule has 1 amide bonds. The maximum Gasteiger partial charge on any atom is 0.219 e. The summed E-state index contributed by atoms with van der Waals surface area (Å²) in [6.45, 7) is 10.5. The van der Waals surface area contributed by atoms with Crippen LogP contribution in [0.25, 0.3) is 0 Å². The van der Waals surface area contributed by atoms with Crippen molar-refractivity contribution < 1.29 is 11.0 Å². The van der Waals surface area contributed by atoms with Crippen molar-refractivity contribution in [2.75, 3.05) is 19.8 Å². The zero-order valence-corrected chi connectivity index (χ0v) is 11.5. The van der Waals surface area contributed by atoms with Gasteiger partial charge >= 0.3 is 0 Å². The lowest BCUT2D eigenvalue weighted by atomic mass is 10.2. The van der Waals surface area contributed by atoms with Gasteiger partial charge in [0.25, 0.3) is 0 Å². The molecule has 0 bridgehead atoms. The first kappa shape index (κ1) is 17.8. The van der Waals surface area contributed by atoms with Crippen molar-refractivity contribution in [3.05, 3.63) is 0 Å². The Hall–Kier alpha value is -0.570. The van der Waals surface area contributed by atoms with Crippen LogP contribution in [-0.4, -0.2) is 25.7 Å². The fourth-order valence-electron chi connectivity index (χ4n) is 1.13. The van der Waals surface area contributed by atoms with Crippen LogP contribution in [0, 0.1) is 0 Å². The Labute approximate surface area is 102 Å². The number of nitrogens with one attached hydrogen (secondary N) is 1. The topological polar surface area (TPSA) is 38.3 Å². The Bertz CT molecular complexity index is 143. The Balaban J connectivity index is -0.000000616. The number of carbonyl (C=O) groups is 1. The van der Waals surface area contributed by atoms with Gasteiger partial charge in [-0.1, -0.05) is 27.2 Å². The number of ether oxygens (including phenoxy) is 1. The van der Waals surface area contributed by atoms with Crippen molar-refractivity contribution in [3.63, 3.8) is 0 Å². The van der Waals surface area contributed by atoms with E-state index in [0.717, 1.165) is 45.4 Å². The van der Waals surface area contributed by atoms with E-state index in [1.807, 2.05) is 20.8 Å². The summed E-state index contributed by atoms with van der Waals surface area (Å²) in [5.41, 5.74) is 0. The molecule has 16 heavy (non-hydrogen) atoms. The highest BCUT2D eigenvalue weighted by atomic mass is 16.5. The molecule has 0 spiro atoms. The molecule has 0 saturated carbocycles. The summed E-state index contributed by atoms with van der Waals surface area (Å²) in [7, 11) is 0. The summed E-state index contributed by atoms with van der Waals surface area (Å²) >= 11 is 0. The van der Waals surface area contributed by atoms with Gasteiger partial charge in [0.15, 0.2) is 0 Å². The average Bonchev–Trinajstić information content (AvgIpc) is 2.32. The van der Waals surface area contributed by atoms with E-state index in [9.17, 15) is 4.79 Å². The molecule has 1 N–H and O–H groups in total. The number of carbonyl (C=O) groups excluding carboxylic acids is 1. The molecule has 0 aliphatic heterocycles. The largest absolute Gasteiger partial charge is 0.382 e. The molecule has 0 aromatic carbocycles. The zero-order valence-electron chi connectivity index (χ0n) is 11.5. The van der Waals surface area contributed by atoms with Gasteiger partial charge in [0.05, 0.1) is 0 Å². The summed E-state index contributed by atoms with van der Waals surface area (Å²) in [5.74, 6) is 0.176. The second-order valence-corrected chi connectivity index (χ2v) is 3.36. The van der Waals surface area contributed by atoms with E-state index < -0.39 is 0 Å². The van der Waals surface area contributed by atoms with Gasteiger partial charge in [-0.05, 0) is 26.2 Å². The highest BCUT2D eigenvalue weighted by Gasteiger charge is 1.99. The Morgan fingerprint density at radius 1 is 1.19 bits per heavy atom. The van der Waals surface area contributed by atoms with E-state index in [4.69, 9.17) is 4.74 Å². The van der Waals surface area contributed by atoms with Crippen LogP contribution in [0.5, 0.6) is 0 Å². The van der Waals surface area contributed by atoms with E-state index in [-0.39, 0.29) is 7.33 Å². The van der Waals surface area contributed by atoms with E-state index in [1.165, 1.54) is 0 Å². The van der Waals surface area contributed by atoms with Crippen LogP contribution in [-0.2, 0) is 9.53 Å². The molecule has 0 aliphatic rings. The minimum absolute atomic E-state index is 0. The third kappa shape index (κ3) is 15.9. The van der Waals surface area contributed by atoms with Crippen molar-refractivity contribution in [2.45, 2.75) is 59.8 Å². The minimum Gasteiger partial charge on any atom is -0.382 e. The number of hydrogen-bond acceptors (Lipinski definition) is 2. The Morgan fingerprint density at radius 2 is 1.88 bits per heavy atom. The first-order valence-corrected chi connectivity index (χ1v) is 6.65. The van der Waals surface area contributed by atoms with Gasteiger partial charge in [0.2, 0.25) is 5.91 Å². The summed E-state index contributed by atoms with van der Waals surface area (Å²) in [6.07, 6.45) is 4.75. The van der Waals surface area contributed by atoms with E-state index in [1.54, 1.807) is 0 Å². The molecule has 0 atom stereocenters. The van der Waals surface area contributed by atoms with Crippen LogP contribution in [0.15, 0.2) is 0 Å². The van der Waals surface area contributed by atoms with Gasteiger partial charge in [0.1, 0.15) is 0 Å².